The van der Waals surface area contributed by atoms with Gasteiger partial charge in [-0.25, -0.2) is 0 Å². The van der Waals surface area contributed by atoms with Gasteiger partial charge >= 0.3 is 0 Å². The van der Waals surface area contributed by atoms with Crippen LogP contribution in [0.5, 0.6) is 0 Å². The second-order valence-corrected chi connectivity index (χ2v) is 24.0. The van der Waals surface area contributed by atoms with Crippen molar-refractivity contribution >= 4 is 39.8 Å². The predicted octanol–water partition coefficient (Wildman–Crippen LogP) is 12.4. The van der Waals surface area contributed by atoms with Gasteiger partial charge in [-0.1, -0.05) is 88.1 Å². The monoisotopic (exact) mass is 586 g/mol. The minimum absolute atomic E-state index is 0.198. The molecule has 0 aliphatic heterocycles. The maximum Gasteiger partial charge on any atom is 0.182 e. The minimum Gasteiger partial charge on any atom is -0.454 e. The Morgan fingerprint density at radius 2 is 0.865 bits per heavy atom. The first-order valence-electron chi connectivity index (χ1n) is 14.4. The van der Waals surface area contributed by atoms with E-state index in [1.54, 1.807) is 0 Å². The lowest BCUT2D eigenvalue weighted by atomic mass is 10.1. The van der Waals surface area contributed by atoms with Gasteiger partial charge in [-0.15, -0.1) is 23.2 Å². The summed E-state index contributed by atoms with van der Waals surface area (Å²) in [5, 5.41) is 0.396. The summed E-state index contributed by atoms with van der Waals surface area (Å²) in [6, 6.07) is 2.38. The molecule has 0 aliphatic carbocycles. The van der Waals surface area contributed by atoms with E-state index in [-0.39, 0.29) is 10.1 Å². The predicted molar refractivity (Wildman–Crippen MR) is 178 cm³/mol. The summed E-state index contributed by atoms with van der Waals surface area (Å²) in [5.74, 6) is 1.22. The van der Waals surface area contributed by atoms with E-state index in [4.69, 9.17) is 27.3 Å². The molecule has 5 heteroatoms. The lowest BCUT2D eigenvalue weighted by molar-refractivity contribution is 0.431. The normalized spacial score (nSPS) is 18.1. The van der Waals surface area contributed by atoms with Crippen LogP contribution in [0.15, 0.2) is 46.6 Å². The number of allylic oxidation sites excluding steroid dienone is 8. The number of hydrogen-bond donors (Lipinski definition) is 0. The van der Waals surface area contributed by atoms with E-state index in [9.17, 15) is 0 Å². The molecule has 0 spiro atoms. The Balaban J connectivity index is 5.53. The zero-order valence-electron chi connectivity index (χ0n) is 26.5. The average molecular weight is 588 g/mol. The maximum atomic E-state index is 7.58. The van der Waals surface area contributed by atoms with E-state index in [2.05, 4.69) is 107 Å². The van der Waals surface area contributed by atoms with Crippen LogP contribution in [-0.2, 0) is 4.12 Å². The summed E-state index contributed by atoms with van der Waals surface area (Å²) in [6.45, 7) is 28.5. The largest absolute Gasteiger partial charge is 0.454 e. The highest BCUT2D eigenvalue weighted by Crippen LogP contribution is 2.49. The van der Waals surface area contributed by atoms with Gasteiger partial charge in [0.1, 0.15) is 0 Å². The zero-order chi connectivity index (χ0) is 28.9. The molecule has 0 bridgehead atoms. The first kappa shape index (κ1) is 36.9. The first-order chi connectivity index (χ1) is 16.9. The third-order valence-electron chi connectivity index (χ3n) is 8.53. The van der Waals surface area contributed by atoms with Gasteiger partial charge in [0.25, 0.3) is 0 Å². The van der Waals surface area contributed by atoms with Crippen molar-refractivity contribution in [1.82, 2.24) is 0 Å². The summed E-state index contributed by atoms with van der Waals surface area (Å²) in [7, 11) is -4.00. The van der Waals surface area contributed by atoms with E-state index < -0.39 is 16.6 Å². The molecule has 0 rings (SSSR count). The molecule has 0 aliphatic rings. The fourth-order valence-corrected chi connectivity index (χ4v) is 15.3. The molecular formula is C32H60Cl2OSi2. The molecule has 216 valence electrons. The van der Waals surface area contributed by atoms with Gasteiger partial charge in [-0.2, -0.15) is 0 Å². The molecular weight excluding hydrogens is 527 g/mol. The topological polar surface area (TPSA) is 9.23 Å². The SMILES string of the molecule is C/C(=C\CCl)CC/C=C(\C)CC[Si](C)(O[Si](C)(CC/C(C)=C/CC/C(C)=C/CCl)C(C)(C)C)C(C)(C)C. The summed E-state index contributed by atoms with van der Waals surface area (Å²) in [4.78, 5) is 0. The molecule has 2 unspecified atom stereocenters. The van der Waals surface area contributed by atoms with Gasteiger partial charge < -0.3 is 4.12 Å². The van der Waals surface area contributed by atoms with Gasteiger partial charge in [-0.05, 0) is 101 Å². The van der Waals surface area contributed by atoms with Gasteiger partial charge in [-0.3, -0.25) is 0 Å². The van der Waals surface area contributed by atoms with Crippen LogP contribution >= 0.6 is 23.2 Å². The van der Waals surface area contributed by atoms with Crippen molar-refractivity contribution < 1.29 is 4.12 Å². The van der Waals surface area contributed by atoms with Crippen molar-refractivity contribution in [3.05, 3.63) is 46.6 Å². The van der Waals surface area contributed by atoms with Crippen molar-refractivity contribution in [3.63, 3.8) is 0 Å². The molecule has 0 fully saturated rings. The second kappa shape index (κ2) is 16.9. The highest BCUT2D eigenvalue weighted by molar-refractivity contribution is 6.88. The lowest BCUT2D eigenvalue weighted by Crippen LogP contribution is -2.56. The molecule has 37 heavy (non-hydrogen) atoms. The van der Waals surface area contributed by atoms with E-state index >= 15 is 0 Å². The number of hydrogen-bond acceptors (Lipinski definition) is 1. The fraction of sp³-hybridized carbons (Fsp3) is 0.750. The second-order valence-electron chi connectivity index (χ2n) is 13.7. The Morgan fingerprint density at radius 3 is 1.14 bits per heavy atom. The van der Waals surface area contributed by atoms with E-state index in [0.29, 0.717) is 11.8 Å². The molecule has 2 atom stereocenters. The summed E-state index contributed by atoms with van der Waals surface area (Å²) >= 11 is 11.7. The molecule has 0 radical (unpaired) electrons. The smallest absolute Gasteiger partial charge is 0.182 e. The highest BCUT2D eigenvalue weighted by Gasteiger charge is 2.51. The number of halogens is 2. The van der Waals surface area contributed by atoms with Crippen LogP contribution < -0.4 is 0 Å². The van der Waals surface area contributed by atoms with Crippen LogP contribution in [0.3, 0.4) is 0 Å². The molecule has 0 N–H and O–H groups in total. The van der Waals surface area contributed by atoms with Gasteiger partial charge in [0, 0.05) is 11.8 Å². The van der Waals surface area contributed by atoms with E-state index in [0.717, 1.165) is 38.5 Å². The summed E-state index contributed by atoms with van der Waals surface area (Å²) in [5.41, 5.74) is 5.77. The number of alkyl halides is 2. The third kappa shape index (κ3) is 14.2. The van der Waals surface area contributed by atoms with E-state index in [1.165, 1.54) is 34.4 Å². The van der Waals surface area contributed by atoms with Crippen molar-refractivity contribution in [3.8, 4) is 0 Å². The third-order valence-corrected chi connectivity index (χ3v) is 21.2. The summed E-state index contributed by atoms with van der Waals surface area (Å²) in [6.07, 6.45) is 15.8. The zero-order valence-corrected chi connectivity index (χ0v) is 30.1. The van der Waals surface area contributed by atoms with Crippen molar-refractivity contribution in [2.45, 2.75) is 143 Å². The van der Waals surface area contributed by atoms with Crippen LogP contribution in [0.2, 0.25) is 35.3 Å². The van der Waals surface area contributed by atoms with Gasteiger partial charge in [0.2, 0.25) is 0 Å². The van der Waals surface area contributed by atoms with Crippen molar-refractivity contribution in [2.24, 2.45) is 0 Å². The number of rotatable bonds is 16. The quantitative estimate of drug-likeness (QED) is 0.0991. The van der Waals surface area contributed by atoms with Crippen molar-refractivity contribution in [1.29, 1.82) is 0 Å². The van der Waals surface area contributed by atoms with Gasteiger partial charge in [0.05, 0.1) is 0 Å². The average Bonchev–Trinajstić information content (AvgIpc) is 2.75. The van der Waals surface area contributed by atoms with Gasteiger partial charge in [0.15, 0.2) is 16.6 Å². The Kier molecular flexibility index (Phi) is 16.9. The Bertz CT molecular complexity index is 733. The Hall–Kier alpha value is -0.0662. The van der Waals surface area contributed by atoms with Crippen LogP contribution in [0.25, 0.3) is 0 Å². The Labute approximate surface area is 244 Å². The summed E-state index contributed by atoms with van der Waals surface area (Å²) < 4.78 is 7.58. The molecule has 0 saturated heterocycles. The molecule has 0 aromatic heterocycles. The highest BCUT2D eigenvalue weighted by atomic mass is 35.5. The minimum atomic E-state index is -2.00. The fourth-order valence-electron chi connectivity index (χ4n) is 4.29. The standard InChI is InChI=1S/C32H60Cl2OSi2/c1-27(19-23-33)15-13-17-29(3)21-25-36(11,31(5,6)7)35-37(12,32(8,9)10)26-22-30(4)18-14-16-28(2)20-24-34/h17-20H,13-16,21-26H2,1-12H3/b27-19+,28-20+,29-17+,30-18+. The Morgan fingerprint density at radius 1 is 0.568 bits per heavy atom. The van der Waals surface area contributed by atoms with Crippen molar-refractivity contribution in [2.75, 3.05) is 11.8 Å². The molecule has 0 heterocycles. The molecule has 0 aromatic carbocycles. The van der Waals surface area contributed by atoms with Crippen LogP contribution in [0, 0.1) is 0 Å². The molecule has 0 saturated carbocycles. The van der Waals surface area contributed by atoms with Crippen LogP contribution in [0.4, 0.5) is 0 Å². The van der Waals surface area contributed by atoms with Crippen LogP contribution in [0.1, 0.15) is 108 Å². The maximum absolute atomic E-state index is 7.58. The molecule has 1 nitrogen and oxygen atoms in total. The van der Waals surface area contributed by atoms with Crippen LogP contribution in [-0.4, -0.2) is 28.4 Å². The lowest BCUT2D eigenvalue weighted by Gasteiger charge is -2.50. The molecule has 0 amide bonds. The van der Waals surface area contributed by atoms with E-state index in [1.807, 2.05) is 0 Å². The first-order valence-corrected chi connectivity index (χ1v) is 20.7. The molecule has 0 aromatic rings.